The number of thiazole rings is 1. The lowest BCUT2D eigenvalue weighted by Crippen LogP contribution is -2.42. The highest BCUT2D eigenvalue weighted by atomic mass is 127. The third-order valence-corrected chi connectivity index (χ3v) is 5.22. The van der Waals surface area contributed by atoms with Crippen molar-refractivity contribution in [3.8, 4) is 0 Å². The number of aryl methyl sites for hydroxylation is 1. The van der Waals surface area contributed by atoms with E-state index in [1.807, 2.05) is 13.1 Å². The van der Waals surface area contributed by atoms with Gasteiger partial charge in [-0.1, -0.05) is 0 Å². The molecule has 4 N–H and O–H groups in total. The SMILES string of the molecule is CN=C(NCCNC(=O)c1scnc1C)NCCc1c[nH]c2cc(F)ccc12.I. The molecular weight excluding hydrogens is 506 g/mol. The number of aromatic amines is 1. The minimum absolute atomic E-state index is 0. The van der Waals surface area contributed by atoms with Crippen molar-refractivity contribution in [1.82, 2.24) is 25.9 Å². The van der Waals surface area contributed by atoms with E-state index in [2.05, 4.69) is 30.9 Å². The van der Waals surface area contributed by atoms with Crippen molar-refractivity contribution in [3.05, 3.63) is 51.9 Å². The molecule has 0 saturated heterocycles. The summed E-state index contributed by atoms with van der Waals surface area (Å²) < 4.78 is 13.3. The fourth-order valence-electron chi connectivity index (χ4n) is 2.86. The average Bonchev–Trinajstić information content (AvgIpc) is 3.29. The zero-order valence-electron chi connectivity index (χ0n) is 16.2. The molecule has 0 spiro atoms. The average molecular weight is 530 g/mol. The Labute approximate surface area is 189 Å². The number of H-pyrrole nitrogens is 1. The lowest BCUT2D eigenvalue weighted by atomic mass is 10.1. The van der Waals surface area contributed by atoms with Crippen LogP contribution in [0.25, 0.3) is 10.9 Å². The summed E-state index contributed by atoms with van der Waals surface area (Å²) in [5.74, 6) is 0.302. The normalized spacial score (nSPS) is 11.2. The summed E-state index contributed by atoms with van der Waals surface area (Å²) in [4.78, 5) is 24.0. The number of rotatable bonds is 7. The summed E-state index contributed by atoms with van der Waals surface area (Å²) in [6.07, 6.45) is 2.67. The van der Waals surface area contributed by atoms with Gasteiger partial charge in [0.2, 0.25) is 0 Å². The smallest absolute Gasteiger partial charge is 0.263 e. The van der Waals surface area contributed by atoms with Crippen molar-refractivity contribution in [1.29, 1.82) is 0 Å². The summed E-state index contributed by atoms with van der Waals surface area (Å²) in [6.45, 7) is 3.52. The van der Waals surface area contributed by atoms with Crippen molar-refractivity contribution in [2.24, 2.45) is 4.99 Å². The Morgan fingerprint density at radius 2 is 2.00 bits per heavy atom. The molecule has 3 rings (SSSR count). The molecule has 10 heteroatoms. The maximum Gasteiger partial charge on any atom is 0.263 e. The van der Waals surface area contributed by atoms with Gasteiger partial charge in [0, 0.05) is 43.8 Å². The second-order valence-electron chi connectivity index (χ2n) is 6.20. The Morgan fingerprint density at radius 3 is 2.72 bits per heavy atom. The Bertz CT molecular complexity index is 986. The first kappa shape index (κ1) is 23.1. The molecule has 0 unspecified atom stereocenters. The van der Waals surface area contributed by atoms with Crippen LogP contribution in [0.4, 0.5) is 4.39 Å². The number of halogens is 2. The van der Waals surface area contributed by atoms with E-state index in [4.69, 9.17) is 0 Å². The maximum absolute atomic E-state index is 13.3. The lowest BCUT2D eigenvalue weighted by Gasteiger charge is -2.12. The molecule has 0 aliphatic rings. The molecule has 0 saturated carbocycles. The van der Waals surface area contributed by atoms with Crippen molar-refractivity contribution < 1.29 is 9.18 Å². The van der Waals surface area contributed by atoms with E-state index in [1.54, 1.807) is 18.6 Å². The number of hydrogen-bond donors (Lipinski definition) is 4. The number of nitrogens with zero attached hydrogens (tertiary/aromatic N) is 2. The van der Waals surface area contributed by atoms with Gasteiger partial charge in [0.15, 0.2) is 5.96 Å². The Balaban J connectivity index is 0.00000300. The number of carbonyl (C=O) groups is 1. The standard InChI is InChI=1S/C19H23FN6OS.HI/c1-12-17(28-11-26-12)18(27)22-7-8-24-19(21-2)23-6-5-13-10-25-16-9-14(20)3-4-15(13)16;/h3-4,9-11,25H,5-8H2,1-2H3,(H,22,27)(H2,21,23,24);1H. The number of hydrogen-bond acceptors (Lipinski definition) is 4. The molecule has 0 bridgehead atoms. The second-order valence-corrected chi connectivity index (χ2v) is 7.06. The Morgan fingerprint density at radius 1 is 1.24 bits per heavy atom. The van der Waals surface area contributed by atoms with Gasteiger partial charge in [-0.05, 0) is 37.1 Å². The molecule has 0 fully saturated rings. The van der Waals surface area contributed by atoms with Crippen LogP contribution in [0.3, 0.4) is 0 Å². The van der Waals surface area contributed by atoms with Gasteiger partial charge in [0.25, 0.3) is 5.91 Å². The summed E-state index contributed by atoms with van der Waals surface area (Å²) in [5.41, 5.74) is 4.32. The molecule has 7 nitrogen and oxygen atoms in total. The Kier molecular flexibility index (Phi) is 8.83. The van der Waals surface area contributed by atoms with Crippen molar-refractivity contribution in [2.75, 3.05) is 26.7 Å². The number of fused-ring (bicyclic) bond motifs is 1. The quantitative estimate of drug-likeness (QED) is 0.164. The maximum atomic E-state index is 13.3. The van der Waals surface area contributed by atoms with Gasteiger partial charge in [-0.15, -0.1) is 35.3 Å². The van der Waals surface area contributed by atoms with Crippen LogP contribution in [0.5, 0.6) is 0 Å². The van der Waals surface area contributed by atoms with Crippen LogP contribution < -0.4 is 16.0 Å². The molecule has 0 atom stereocenters. The first-order valence-electron chi connectivity index (χ1n) is 8.97. The number of amides is 1. The topological polar surface area (TPSA) is 94.2 Å². The van der Waals surface area contributed by atoms with E-state index in [-0.39, 0.29) is 35.7 Å². The summed E-state index contributed by atoms with van der Waals surface area (Å²) in [6, 6.07) is 4.75. The second kappa shape index (κ2) is 11.1. The summed E-state index contributed by atoms with van der Waals surface area (Å²) in [7, 11) is 1.70. The van der Waals surface area contributed by atoms with E-state index in [9.17, 15) is 9.18 Å². The number of guanidine groups is 1. The molecule has 156 valence electrons. The zero-order chi connectivity index (χ0) is 19.9. The highest BCUT2D eigenvalue weighted by molar-refractivity contribution is 14.0. The van der Waals surface area contributed by atoms with Crippen molar-refractivity contribution in [2.45, 2.75) is 13.3 Å². The lowest BCUT2D eigenvalue weighted by molar-refractivity contribution is 0.0957. The molecule has 0 aliphatic heterocycles. The first-order chi connectivity index (χ1) is 13.6. The predicted octanol–water partition coefficient (Wildman–Crippen LogP) is 2.83. The van der Waals surface area contributed by atoms with E-state index < -0.39 is 0 Å². The van der Waals surface area contributed by atoms with Crippen LogP contribution in [0.15, 0.2) is 34.9 Å². The van der Waals surface area contributed by atoms with Gasteiger partial charge in [-0.25, -0.2) is 9.37 Å². The Hall–Kier alpha value is -2.21. The minimum atomic E-state index is -0.249. The summed E-state index contributed by atoms with van der Waals surface area (Å²) in [5, 5.41) is 10.3. The van der Waals surface area contributed by atoms with E-state index in [0.29, 0.717) is 30.5 Å². The van der Waals surface area contributed by atoms with Crippen molar-refractivity contribution >= 4 is 58.1 Å². The van der Waals surface area contributed by atoms with Gasteiger partial charge < -0.3 is 20.9 Å². The van der Waals surface area contributed by atoms with Gasteiger partial charge in [-0.3, -0.25) is 9.79 Å². The van der Waals surface area contributed by atoms with Crippen LogP contribution >= 0.6 is 35.3 Å². The predicted molar refractivity (Wildman–Crippen MR) is 126 cm³/mol. The van der Waals surface area contributed by atoms with E-state index in [0.717, 1.165) is 28.6 Å². The third-order valence-electron chi connectivity index (χ3n) is 4.29. The van der Waals surface area contributed by atoms with Gasteiger partial charge in [0.1, 0.15) is 10.7 Å². The minimum Gasteiger partial charge on any atom is -0.361 e. The molecule has 1 aromatic carbocycles. The molecular formula is C19H24FIN6OS. The zero-order valence-corrected chi connectivity index (χ0v) is 19.4. The van der Waals surface area contributed by atoms with Gasteiger partial charge in [0.05, 0.1) is 11.2 Å². The van der Waals surface area contributed by atoms with Gasteiger partial charge in [-0.2, -0.15) is 0 Å². The number of nitrogens with one attached hydrogen (secondary N) is 4. The molecule has 2 heterocycles. The first-order valence-corrected chi connectivity index (χ1v) is 9.84. The highest BCUT2D eigenvalue weighted by Gasteiger charge is 2.10. The van der Waals surface area contributed by atoms with Crippen LogP contribution in [0.2, 0.25) is 0 Å². The molecule has 1 amide bonds. The summed E-state index contributed by atoms with van der Waals surface area (Å²) >= 11 is 1.33. The fraction of sp³-hybridized carbons (Fsp3) is 0.316. The van der Waals surface area contributed by atoms with Crippen molar-refractivity contribution in [3.63, 3.8) is 0 Å². The van der Waals surface area contributed by atoms with Crippen LogP contribution in [0, 0.1) is 12.7 Å². The highest BCUT2D eigenvalue weighted by Crippen LogP contribution is 2.19. The number of aliphatic imine (C=N–C) groups is 1. The van der Waals surface area contributed by atoms with Crippen LogP contribution in [-0.2, 0) is 6.42 Å². The monoisotopic (exact) mass is 530 g/mol. The van der Waals surface area contributed by atoms with Crippen LogP contribution in [0.1, 0.15) is 20.9 Å². The molecule has 0 aliphatic carbocycles. The number of benzene rings is 1. The number of carbonyl (C=O) groups excluding carboxylic acids is 1. The van der Waals surface area contributed by atoms with Crippen LogP contribution in [-0.4, -0.2) is 48.5 Å². The molecule has 29 heavy (non-hydrogen) atoms. The third kappa shape index (κ3) is 6.13. The molecule has 0 radical (unpaired) electrons. The molecule has 3 aromatic rings. The molecule has 2 aromatic heterocycles. The fourth-order valence-corrected chi connectivity index (χ4v) is 3.58. The van der Waals surface area contributed by atoms with E-state index >= 15 is 0 Å². The van der Waals surface area contributed by atoms with Gasteiger partial charge >= 0.3 is 0 Å². The number of aromatic nitrogens is 2. The van der Waals surface area contributed by atoms with E-state index in [1.165, 1.54) is 23.5 Å². The largest absolute Gasteiger partial charge is 0.361 e.